The summed E-state index contributed by atoms with van der Waals surface area (Å²) in [4.78, 5) is 50.0. The van der Waals surface area contributed by atoms with Crippen LogP contribution in [0, 0.1) is 5.41 Å². The maximum absolute atomic E-state index is 13.6. The van der Waals surface area contributed by atoms with Crippen LogP contribution in [0.25, 0.3) is 11.3 Å². The minimum Gasteiger partial charge on any atom is -0.388 e. The van der Waals surface area contributed by atoms with Gasteiger partial charge in [0.1, 0.15) is 30.9 Å². The lowest BCUT2D eigenvalue weighted by atomic mass is 9.87. The Labute approximate surface area is 232 Å². The fraction of sp³-hybridized carbons (Fsp3) is 0.571. The number of ether oxygens (including phenoxy) is 1. The summed E-state index contributed by atoms with van der Waals surface area (Å²) < 4.78 is 5.41. The summed E-state index contributed by atoms with van der Waals surface area (Å²) in [5, 5.41) is 16.3. The summed E-state index contributed by atoms with van der Waals surface area (Å²) in [6.07, 6.45) is -1.25. The number of thiazole rings is 1. The Morgan fingerprint density at radius 3 is 2.54 bits per heavy atom. The van der Waals surface area contributed by atoms with E-state index in [4.69, 9.17) is 9.72 Å². The molecule has 0 spiro atoms. The van der Waals surface area contributed by atoms with Crippen LogP contribution in [0.2, 0.25) is 0 Å². The van der Waals surface area contributed by atoms with Gasteiger partial charge in [-0.05, 0) is 31.0 Å². The molecule has 1 aromatic carbocycles. The zero-order chi connectivity index (χ0) is 27.9. The number of benzene rings is 1. The largest absolute Gasteiger partial charge is 0.388 e. The molecule has 3 aliphatic heterocycles. The van der Waals surface area contributed by atoms with Crippen LogP contribution in [0.5, 0.6) is 0 Å². The fourth-order valence-electron chi connectivity index (χ4n) is 5.44. The number of ketones is 1. The van der Waals surface area contributed by atoms with Gasteiger partial charge in [-0.3, -0.25) is 14.4 Å². The van der Waals surface area contributed by atoms with Crippen LogP contribution in [-0.4, -0.2) is 108 Å². The molecule has 0 bridgehead atoms. The van der Waals surface area contributed by atoms with Crippen molar-refractivity contribution in [1.29, 1.82) is 0 Å². The number of likely N-dealkylation sites (tertiary alicyclic amines) is 1. The molecule has 4 heterocycles. The van der Waals surface area contributed by atoms with E-state index in [-0.39, 0.29) is 36.2 Å². The molecule has 3 fully saturated rings. The van der Waals surface area contributed by atoms with Gasteiger partial charge >= 0.3 is 0 Å². The number of piperazine rings is 1. The minimum atomic E-state index is -0.925. The molecule has 2 aromatic rings. The number of aliphatic hydroxyl groups excluding tert-OH is 1. The van der Waals surface area contributed by atoms with Gasteiger partial charge in [0.25, 0.3) is 5.91 Å². The molecular formula is C28H37N5O5S. The van der Waals surface area contributed by atoms with Gasteiger partial charge in [0, 0.05) is 42.7 Å². The Kier molecular flexibility index (Phi) is 7.78. The third kappa shape index (κ3) is 6.01. The topological polar surface area (TPSA) is 115 Å². The van der Waals surface area contributed by atoms with Crippen molar-refractivity contribution in [2.24, 2.45) is 5.41 Å². The van der Waals surface area contributed by atoms with Crippen LogP contribution in [0.1, 0.15) is 37.6 Å². The van der Waals surface area contributed by atoms with Gasteiger partial charge in [0.2, 0.25) is 5.91 Å². The van der Waals surface area contributed by atoms with Gasteiger partial charge < -0.3 is 29.9 Å². The normalized spacial score (nSPS) is 24.6. The number of carbonyl (C=O) groups excluding carboxylic acids is 3. The van der Waals surface area contributed by atoms with Crippen molar-refractivity contribution >= 4 is 34.1 Å². The summed E-state index contributed by atoms with van der Waals surface area (Å²) in [5.41, 5.74) is 1.95. The number of anilines is 1. The smallest absolute Gasteiger partial charge is 0.251 e. The van der Waals surface area contributed by atoms with Crippen LogP contribution < -0.4 is 10.2 Å². The van der Waals surface area contributed by atoms with E-state index in [0.29, 0.717) is 12.0 Å². The predicted molar refractivity (Wildman–Crippen MR) is 149 cm³/mol. The summed E-state index contributed by atoms with van der Waals surface area (Å²) in [6, 6.07) is 5.56. The molecule has 2 N–H and O–H groups in total. The molecule has 4 atom stereocenters. The predicted octanol–water partition coefficient (Wildman–Crippen LogP) is 1.64. The number of amides is 2. The Bertz CT molecular complexity index is 1220. The molecule has 1 unspecified atom stereocenters. The monoisotopic (exact) mass is 555 g/mol. The third-order valence-corrected chi connectivity index (χ3v) is 8.47. The van der Waals surface area contributed by atoms with Gasteiger partial charge in [0.15, 0.2) is 10.9 Å². The number of aromatic nitrogens is 1. The van der Waals surface area contributed by atoms with E-state index in [0.717, 1.165) is 42.6 Å². The zero-order valence-corrected chi connectivity index (χ0v) is 23.7. The molecule has 0 aliphatic carbocycles. The van der Waals surface area contributed by atoms with Gasteiger partial charge in [-0.2, -0.15) is 0 Å². The van der Waals surface area contributed by atoms with Crippen LogP contribution in [-0.2, 0) is 14.3 Å². The number of likely N-dealkylation sites (N-methyl/N-ethyl adjacent to an activating group) is 1. The van der Waals surface area contributed by atoms with Crippen LogP contribution in [0.3, 0.4) is 0 Å². The molecule has 3 aliphatic rings. The van der Waals surface area contributed by atoms with Crippen molar-refractivity contribution in [1.82, 2.24) is 20.1 Å². The highest BCUT2D eigenvalue weighted by molar-refractivity contribution is 7.14. The third-order valence-electron chi connectivity index (χ3n) is 7.57. The number of Topliss-reactive ketones (excluding diaryl/α,β-unsaturated/α-hetero) is 1. The second-order valence-corrected chi connectivity index (χ2v) is 12.8. The van der Waals surface area contributed by atoms with Crippen molar-refractivity contribution in [3.63, 3.8) is 0 Å². The maximum atomic E-state index is 13.6. The highest BCUT2D eigenvalue weighted by Crippen LogP contribution is 2.31. The summed E-state index contributed by atoms with van der Waals surface area (Å²) in [5.74, 6) is -0.968. The molecule has 210 valence electrons. The average molecular weight is 556 g/mol. The number of β-amino-alcohol motifs (C(OH)–C–C–N with tert-alkyl or cyclic N) is 1. The van der Waals surface area contributed by atoms with Crippen molar-refractivity contribution in [3.8, 4) is 11.3 Å². The van der Waals surface area contributed by atoms with E-state index in [1.807, 2.05) is 38.3 Å². The zero-order valence-electron chi connectivity index (χ0n) is 22.9. The SMILES string of the molecule is CN1CCN(c2nc(-c3ccc(C(=O)NC(CC(C)(C)C)C(=O)N4C[C@H](O)[C@H]5OCC(=O)[C@H]54)cc3)cs2)CC1. The molecule has 0 saturated carbocycles. The van der Waals surface area contributed by atoms with Gasteiger partial charge in [-0.1, -0.05) is 32.9 Å². The molecule has 3 saturated heterocycles. The number of nitrogens with zero attached hydrogens (tertiary/aromatic N) is 4. The van der Waals surface area contributed by atoms with E-state index in [1.165, 1.54) is 4.90 Å². The summed E-state index contributed by atoms with van der Waals surface area (Å²) in [6.45, 7) is 9.80. The number of fused-ring (bicyclic) bond motifs is 1. The van der Waals surface area contributed by atoms with E-state index in [2.05, 4.69) is 22.2 Å². The van der Waals surface area contributed by atoms with E-state index in [9.17, 15) is 19.5 Å². The van der Waals surface area contributed by atoms with Gasteiger partial charge in [0.05, 0.1) is 12.2 Å². The van der Waals surface area contributed by atoms with Crippen LogP contribution in [0.15, 0.2) is 29.6 Å². The number of aliphatic hydroxyl groups is 1. The van der Waals surface area contributed by atoms with Gasteiger partial charge in [-0.25, -0.2) is 4.98 Å². The van der Waals surface area contributed by atoms with Gasteiger partial charge in [-0.15, -0.1) is 11.3 Å². The lowest BCUT2D eigenvalue weighted by Crippen LogP contribution is -2.53. The number of hydrogen-bond donors (Lipinski definition) is 2. The molecule has 5 rings (SSSR count). The van der Waals surface area contributed by atoms with Crippen molar-refractivity contribution < 1.29 is 24.2 Å². The number of carbonyl (C=O) groups is 3. The Balaban J connectivity index is 1.28. The van der Waals surface area contributed by atoms with Crippen molar-refractivity contribution in [2.75, 3.05) is 51.3 Å². The molecule has 0 radical (unpaired) electrons. The van der Waals surface area contributed by atoms with Crippen molar-refractivity contribution in [3.05, 3.63) is 35.2 Å². The van der Waals surface area contributed by atoms with E-state index in [1.54, 1.807) is 23.5 Å². The highest BCUT2D eigenvalue weighted by Gasteiger charge is 2.53. The fourth-order valence-corrected chi connectivity index (χ4v) is 6.33. The van der Waals surface area contributed by atoms with Crippen LogP contribution in [0.4, 0.5) is 5.13 Å². The quantitative estimate of drug-likeness (QED) is 0.553. The molecule has 10 nitrogen and oxygen atoms in total. The van der Waals surface area contributed by atoms with Crippen LogP contribution >= 0.6 is 11.3 Å². The molecular weight excluding hydrogens is 518 g/mol. The first-order valence-corrected chi connectivity index (χ1v) is 14.3. The molecule has 1 aromatic heterocycles. The van der Waals surface area contributed by atoms with E-state index < -0.39 is 24.3 Å². The first-order chi connectivity index (χ1) is 18.5. The second kappa shape index (κ2) is 11.0. The standard InChI is InChI=1S/C28H37N5O5S/c1-28(2,3)13-19(26(37)33-14-21(34)24-23(33)22(35)15-38-24)29-25(36)18-7-5-17(6-8-18)20-16-39-27(30-20)32-11-9-31(4)10-12-32/h5-8,16,19,21,23-24,34H,9-15H2,1-4H3,(H,29,36)/t19?,21-,23+,24+/m0/s1. The average Bonchev–Trinajstić information content (AvgIpc) is 3.61. The summed E-state index contributed by atoms with van der Waals surface area (Å²) >= 11 is 1.62. The first kappa shape index (κ1) is 27.7. The number of hydrogen-bond acceptors (Lipinski definition) is 9. The second-order valence-electron chi connectivity index (χ2n) is 11.9. The number of rotatable bonds is 6. The molecule has 2 amide bonds. The number of nitrogens with one attached hydrogen (secondary N) is 1. The molecule has 39 heavy (non-hydrogen) atoms. The maximum Gasteiger partial charge on any atom is 0.251 e. The van der Waals surface area contributed by atoms with E-state index >= 15 is 0 Å². The lowest BCUT2D eigenvalue weighted by Gasteiger charge is -2.32. The Morgan fingerprint density at radius 1 is 1.18 bits per heavy atom. The Morgan fingerprint density at radius 2 is 1.87 bits per heavy atom. The summed E-state index contributed by atoms with van der Waals surface area (Å²) in [7, 11) is 2.13. The Hall–Kier alpha value is -2.86. The minimum absolute atomic E-state index is 0.00880. The van der Waals surface area contributed by atoms with Crippen molar-refractivity contribution in [2.45, 2.75) is 51.5 Å². The lowest BCUT2D eigenvalue weighted by molar-refractivity contribution is -0.138. The highest BCUT2D eigenvalue weighted by atomic mass is 32.1. The first-order valence-electron chi connectivity index (χ1n) is 13.4. The molecule has 11 heteroatoms.